The summed E-state index contributed by atoms with van der Waals surface area (Å²) in [6.07, 6.45) is 5.78. The first-order valence-corrected chi connectivity index (χ1v) is 9.91. The van der Waals surface area contributed by atoms with E-state index in [2.05, 4.69) is 69.8 Å². The number of hydrogen-bond donors (Lipinski definition) is 3. The van der Waals surface area contributed by atoms with E-state index in [-0.39, 0.29) is 24.0 Å². The Morgan fingerprint density at radius 1 is 1.33 bits per heavy atom. The zero-order valence-corrected chi connectivity index (χ0v) is 19.1. The van der Waals surface area contributed by atoms with Gasteiger partial charge in [-0.25, -0.2) is 0 Å². The fourth-order valence-corrected chi connectivity index (χ4v) is 3.87. The average Bonchev–Trinajstić information content (AvgIpc) is 3.07. The molecule has 5 nitrogen and oxygen atoms in total. The van der Waals surface area contributed by atoms with Crippen molar-refractivity contribution in [3.8, 4) is 0 Å². The Morgan fingerprint density at radius 2 is 2.15 bits per heavy atom. The predicted octanol–water partition coefficient (Wildman–Crippen LogP) is 3.61. The van der Waals surface area contributed by atoms with E-state index in [9.17, 15) is 0 Å². The Balaban J connectivity index is 0.00000261. The maximum absolute atomic E-state index is 4.37. The molecule has 2 unspecified atom stereocenters. The number of nitrogens with one attached hydrogen (secondary N) is 3. The first kappa shape index (κ1) is 22.0. The van der Waals surface area contributed by atoms with Crippen LogP contribution in [0.4, 0.5) is 0 Å². The number of aromatic amines is 1. The van der Waals surface area contributed by atoms with Gasteiger partial charge in [0.1, 0.15) is 0 Å². The van der Waals surface area contributed by atoms with Gasteiger partial charge in [-0.05, 0) is 50.3 Å². The van der Waals surface area contributed by atoms with Gasteiger partial charge >= 0.3 is 0 Å². The van der Waals surface area contributed by atoms with Crippen LogP contribution in [0.5, 0.6) is 0 Å². The molecule has 1 saturated heterocycles. The molecule has 0 spiro atoms. The third-order valence-electron chi connectivity index (χ3n) is 5.46. The molecule has 6 heteroatoms. The molecular weight excluding hydrogens is 449 g/mol. The fourth-order valence-electron chi connectivity index (χ4n) is 3.87. The number of para-hydroxylation sites is 1. The van der Waals surface area contributed by atoms with Crippen molar-refractivity contribution in [3.63, 3.8) is 0 Å². The van der Waals surface area contributed by atoms with Crippen LogP contribution in [0.15, 0.2) is 35.5 Å². The van der Waals surface area contributed by atoms with Crippen molar-refractivity contribution < 1.29 is 0 Å². The number of piperidine rings is 1. The third kappa shape index (κ3) is 6.10. The summed E-state index contributed by atoms with van der Waals surface area (Å²) in [5, 5.41) is 8.24. The minimum absolute atomic E-state index is 0. The highest BCUT2D eigenvalue weighted by atomic mass is 127. The quantitative estimate of drug-likeness (QED) is 0.334. The van der Waals surface area contributed by atoms with Crippen molar-refractivity contribution in [2.24, 2.45) is 10.9 Å². The third-order valence-corrected chi connectivity index (χ3v) is 5.46. The number of nitrogens with zero attached hydrogens (tertiary/aromatic N) is 2. The number of aromatic nitrogens is 1. The molecule has 0 amide bonds. The maximum atomic E-state index is 4.37. The van der Waals surface area contributed by atoms with E-state index in [0.29, 0.717) is 6.04 Å². The summed E-state index contributed by atoms with van der Waals surface area (Å²) in [5.41, 5.74) is 2.55. The van der Waals surface area contributed by atoms with Crippen LogP contribution in [0.3, 0.4) is 0 Å². The number of benzene rings is 1. The molecule has 0 saturated carbocycles. The molecule has 3 rings (SSSR count). The molecule has 1 aromatic carbocycles. The first-order chi connectivity index (χ1) is 12.7. The van der Waals surface area contributed by atoms with Gasteiger partial charge in [0.15, 0.2) is 5.96 Å². The Morgan fingerprint density at radius 3 is 2.93 bits per heavy atom. The predicted molar refractivity (Wildman–Crippen MR) is 126 cm³/mol. The fraction of sp³-hybridized carbons (Fsp3) is 0.571. The van der Waals surface area contributed by atoms with Gasteiger partial charge in [0, 0.05) is 49.8 Å². The van der Waals surface area contributed by atoms with E-state index < -0.39 is 0 Å². The Labute approximate surface area is 180 Å². The average molecular weight is 483 g/mol. The molecule has 27 heavy (non-hydrogen) atoms. The van der Waals surface area contributed by atoms with Crippen LogP contribution in [-0.4, -0.2) is 55.1 Å². The number of fused-ring (bicyclic) bond motifs is 1. The minimum atomic E-state index is 0. The molecular formula is C21H34IN5. The van der Waals surface area contributed by atoms with Gasteiger partial charge in [-0.1, -0.05) is 25.1 Å². The van der Waals surface area contributed by atoms with E-state index >= 15 is 0 Å². The monoisotopic (exact) mass is 483 g/mol. The van der Waals surface area contributed by atoms with E-state index in [1.807, 2.05) is 7.05 Å². The molecule has 2 atom stereocenters. The smallest absolute Gasteiger partial charge is 0.191 e. The molecule has 0 radical (unpaired) electrons. The zero-order chi connectivity index (χ0) is 18.4. The maximum Gasteiger partial charge on any atom is 0.191 e. The number of halogens is 1. The Kier molecular flexibility index (Phi) is 8.89. The summed E-state index contributed by atoms with van der Waals surface area (Å²) >= 11 is 0. The first-order valence-electron chi connectivity index (χ1n) is 9.91. The van der Waals surface area contributed by atoms with Crippen molar-refractivity contribution >= 4 is 40.8 Å². The van der Waals surface area contributed by atoms with Gasteiger partial charge in [0.25, 0.3) is 0 Å². The van der Waals surface area contributed by atoms with E-state index in [1.54, 1.807) is 0 Å². The lowest BCUT2D eigenvalue weighted by molar-refractivity contribution is 0.139. The number of rotatable bonds is 6. The van der Waals surface area contributed by atoms with Gasteiger partial charge in [-0.2, -0.15) is 0 Å². The van der Waals surface area contributed by atoms with Crippen LogP contribution in [0, 0.1) is 5.92 Å². The summed E-state index contributed by atoms with van der Waals surface area (Å²) < 4.78 is 0. The van der Waals surface area contributed by atoms with E-state index in [4.69, 9.17) is 0 Å². The highest BCUT2D eigenvalue weighted by molar-refractivity contribution is 14.0. The Bertz CT molecular complexity index is 726. The molecule has 1 aliphatic rings. The molecule has 0 aliphatic carbocycles. The highest BCUT2D eigenvalue weighted by Gasteiger charge is 2.20. The Hall–Kier alpha value is -1.28. The second kappa shape index (κ2) is 10.9. The summed E-state index contributed by atoms with van der Waals surface area (Å²) in [6, 6.07) is 8.99. The molecule has 150 valence electrons. The van der Waals surface area contributed by atoms with Crippen LogP contribution >= 0.6 is 24.0 Å². The minimum Gasteiger partial charge on any atom is -0.361 e. The SMILES string of the molecule is CN=C(NCCc1c[nH]c2ccccc12)NCC(C)N1CCCC(C)C1.I. The number of likely N-dealkylation sites (tertiary alicyclic amines) is 1. The molecule has 1 aromatic heterocycles. The summed E-state index contributed by atoms with van der Waals surface area (Å²) in [4.78, 5) is 10.3. The van der Waals surface area contributed by atoms with Crippen LogP contribution < -0.4 is 10.6 Å². The second-order valence-electron chi connectivity index (χ2n) is 7.58. The van der Waals surface area contributed by atoms with Gasteiger partial charge < -0.3 is 15.6 Å². The van der Waals surface area contributed by atoms with Crippen molar-refractivity contribution in [1.82, 2.24) is 20.5 Å². The summed E-state index contributed by atoms with van der Waals surface area (Å²) in [6.45, 7) is 8.91. The van der Waals surface area contributed by atoms with E-state index in [0.717, 1.165) is 31.4 Å². The van der Waals surface area contributed by atoms with Gasteiger partial charge in [-0.3, -0.25) is 9.89 Å². The molecule has 0 bridgehead atoms. The molecule has 1 aliphatic heterocycles. The zero-order valence-electron chi connectivity index (χ0n) is 16.8. The van der Waals surface area contributed by atoms with Crippen LogP contribution in [0.25, 0.3) is 10.9 Å². The second-order valence-corrected chi connectivity index (χ2v) is 7.58. The van der Waals surface area contributed by atoms with Crippen molar-refractivity contribution in [2.75, 3.05) is 33.2 Å². The van der Waals surface area contributed by atoms with E-state index in [1.165, 1.54) is 42.4 Å². The largest absolute Gasteiger partial charge is 0.361 e. The van der Waals surface area contributed by atoms with Crippen LogP contribution in [0.2, 0.25) is 0 Å². The van der Waals surface area contributed by atoms with Crippen LogP contribution in [0.1, 0.15) is 32.3 Å². The van der Waals surface area contributed by atoms with Gasteiger partial charge in [0.2, 0.25) is 0 Å². The summed E-state index contributed by atoms with van der Waals surface area (Å²) in [5.74, 6) is 1.71. The molecule has 1 fully saturated rings. The number of H-pyrrole nitrogens is 1. The molecule has 2 aromatic rings. The molecule has 3 N–H and O–H groups in total. The lowest BCUT2D eigenvalue weighted by Gasteiger charge is -2.35. The van der Waals surface area contributed by atoms with Gasteiger partial charge in [0.05, 0.1) is 0 Å². The number of guanidine groups is 1. The summed E-state index contributed by atoms with van der Waals surface area (Å²) in [7, 11) is 1.84. The van der Waals surface area contributed by atoms with Crippen molar-refractivity contribution in [3.05, 3.63) is 36.0 Å². The lowest BCUT2D eigenvalue weighted by Crippen LogP contribution is -2.48. The number of aliphatic imine (C=N–C) groups is 1. The van der Waals surface area contributed by atoms with Crippen LogP contribution in [-0.2, 0) is 6.42 Å². The lowest BCUT2D eigenvalue weighted by atomic mass is 9.99. The standard InChI is InChI=1S/C21H33N5.HI/c1-16-7-6-12-26(15-16)17(2)13-25-21(22-3)23-11-10-18-14-24-20-9-5-4-8-19(18)20;/h4-5,8-9,14,16-17,24H,6-7,10-13,15H2,1-3H3,(H2,22,23,25);1H. The number of hydrogen-bond acceptors (Lipinski definition) is 2. The highest BCUT2D eigenvalue weighted by Crippen LogP contribution is 2.18. The van der Waals surface area contributed by atoms with Crippen molar-refractivity contribution in [2.45, 2.75) is 39.2 Å². The molecule has 2 heterocycles. The normalized spacial score (nSPS) is 19.5. The van der Waals surface area contributed by atoms with Gasteiger partial charge in [-0.15, -0.1) is 24.0 Å². The van der Waals surface area contributed by atoms with Crippen molar-refractivity contribution in [1.29, 1.82) is 0 Å². The topological polar surface area (TPSA) is 55.5 Å².